The predicted octanol–water partition coefficient (Wildman–Crippen LogP) is 1.68. The Balaban J connectivity index is 1.54. The van der Waals surface area contributed by atoms with E-state index in [4.69, 9.17) is 0 Å². The van der Waals surface area contributed by atoms with Gasteiger partial charge in [-0.2, -0.15) is 18.3 Å². The zero-order valence-corrected chi connectivity index (χ0v) is 13.6. The zero-order valence-electron chi connectivity index (χ0n) is 13.6. The van der Waals surface area contributed by atoms with Crippen LogP contribution in [0.15, 0.2) is 6.20 Å². The minimum Gasteiger partial charge on any atom is -0.440 e. The minimum absolute atomic E-state index is 0.145. The Bertz CT molecular complexity index is 651. The van der Waals surface area contributed by atoms with E-state index < -0.39 is 18.9 Å². The van der Waals surface area contributed by atoms with Crippen LogP contribution >= 0.6 is 0 Å². The molecule has 0 aromatic carbocycles. The molecule has 1 fully saturated rings. The van der Waals surface area contributed by atoms with Gasteiger partial charge in [0.1, 0.15) is 0 Å². The van der Waals surface area contributed by atoms with Crippen molar-refractivity contribution in [1.82, 2.24) is 19.6 Å². The van der Waals surface area contributed by atoms with Crippen molar-refractivity contribution in [3.63, 3.8) is 0 Å². The molecule has 3 rings (SSSR count). The van der Waals surface area contributed by atoms with E-state index in [1.807, 2.05) is 4.68 Å². The number of amides is 2. The summed E-state index contributed by atoms with van der Waals surface area (Å²) >= 11 is 0. The Labute approximate surface area is 142 Å². The summed E-state index contributed by atoms with van der Waals surface area (Å²) in [5, 5.41) is 4.24. The van der Waals surface area contributed by atoms with Crippen molar-refractivity contribution >= 4 is 12.0 Å². The first-order valence-electron chi connectivity index (χ1n) is 8.17. The normalized spacial score (nSPS) is 18.0. The number of fused-ring (bicyclic) bond motifs is 1. The smallest absolute Gasteiger partial charge is 0.422 e. The van der Waals surface area contributed by atoms with Crippen molar-refractivity contribution < 1.29 is 27.5 Å². The standard InChI is InChI=1S/C15H19F3N4O3/c16-15(17,18)10-25-14(24)21-7-5-20(6-8-21)13(23)11-9-19-22-4-2-1-3-12(11)22/h9H,1-8,10H2. The number of aryl methyl sites for hydroxylation is 1. The van der Waals surface area contributed by atoms with Gasteiger partial charge >= 0.3 is 12.3 Å². The molecular formula is C15H19F3N4O3. The minimum atomic E-state index is -4.55. The highest BCUT2D eigenvalue weighted by Gasteiger charge is 2.33. The van der Waals surface area contributed by atoms with Gasteiger partial charge in [-0.1, -0.05) is 0 Å². The molecule has 3 heterocycles. The molecule has 25 heavy (non-hydrogen) atoms. The van der Waals surface area contributed by atoms with Crippen LogP contribution < -0.4 is 0 Å². The number of hydrogen-bond donors (Lipinski definition) is 0. The van der Waals surface area contributed by atoms with E-state index in [2.05, 4.69) is 9.84 Å². The van der Waals surface area contributed by atoms with Crippen molar-refractivity contribution in [2.75, 3.05) is 32.8 Å². The number of alkyl halides is 3. The first-order valence-corrected chi connectivity index (χ1v) is 8.17. The van der Waals surface area contributed by atoms with Gasteiger partial charge in [0.05, 0.1) is 17.5 Å². The summed E-state index contributed by atoms with van der Waals surface area (Å²) in [5.74, 6) is -0.147. The lowest BCUT2D eigenvalue weighted by molar-refractivity contribution is -0.162. The van der Waals surface area contributed by atoms with Gasteiger partial charge in [0, 0.05) is 32.7 Å². The molecule has 0 spiro atoms. The van der Waals surface area contributed by atoms with Gasteiger partial charge in [0.15, 0.2) is 6.61 Å². The fraction of sp³-hybridized carbons (Fsp3) is 0.667. The van der Waals surface area contributed by atoms with E-state index in [9.17, 15) is 22.8 Å². The second kappa shape index (κ2) is 6.93. The molecule has 0 N–H and O–H groups in total. The molecule has 1 aromatic heterocycles. The highest BCUT2D eigenvalue weighted by atomic mass is 19.4. The van der Waals surface area contributed by atoms with Crippen LogP contribution in [0, 0.1) is 0 Å². The van der Waals surface area contributed by atoms with Gasteiger partial charge in [-0.25, -0.2) is 4.79 Å². The monoisotopic (exact) mass is 360 g/mol. The number of aromatic nitrogens is 2. The number of carbonyl (C=O) groups excluding carboxylic acids is 2. The molecule has 7 nitrogen and oxygen atoms in total. The van der Waals surface area contributed by atoms with Crippen LogP contribution in [0.5, 0.6) is 0 Å². The fourth-order valence-electron chi connectivity index (χ4n) is 3.10. The van der Waals surface area contributed by atoms with Crippen LogP contribution in [-0.2, 0) is 17.7 Å². The Morgan fingerprint density at radius 3 is 2.44 bits per heavy atom. The fourth-order valence-corrected chi connectivity index (χ4v) is 3.10. The molecule has 0 saturated carbocycles. The Morgan fingerprint density at radius 1 is 1.08 bits per heavy atom. The van der Waals surface area contributed by atoms with Crippen LogP contribution in [0.1, 0.15) is 28.9 Å². The number of piperazine rings is 1. The number of carbonyl (C=O) groups is 2. The van der Waals surface area contributed by atoms with E-state index in [1.165, 1.54) is 4.90 Å². The molecule has 0 bridgehead atoms. The third kappa shape index (κ3) is 4.05. The molecule has 0 radical (unpaired) electrons. The second-order valence-electron chi connectivity index (χ2n) is 6.13. The van der Waals surface area contributed by atoms with Crippen molar-refractivity contribution in [1.29, 1.82) is 0 Å². The molecule has 2 aliphatic rings. The Kier molecular flexibility index (Phi) is 4.87. The quantitative estimate of drug-likeness (QED) is 0.805. The van der Waals surface area contributed by atoms with Crippen molar-refractivity contribution in [2.24, 2.45) is 0 Å². The molecule has 2 aliphatic heterocycles. The van der Waals surface area contributed by atoms with Crippen molar-refractivity contribution in [2.45, 2.75) is 32.0 Å². The van der Waals surface area contributed by atoms with Crippen molar-refractivity contribution in [3.8, 4) is 0 Å². The van der Waals surface area contributed by atoms with Gasteiger partial charge in [-0.3, -0.25) is 9.48 Å². The molecular weight excluding hydrogens is 341 g/mol. The number of rotatable bonds is 2. The summed E-state index contributed by atoms with van der Waals surface area (Å²) in [6, 6.07) is 0. The highest BCUT2D eigenvalue weighted by molar-refractivity contribution is 5.95. The average Bonchev–Trinajstić information content (AvgIpc) is 3.02. The summed E-state index contributed by atoms with van der Waals surface area (Å²) < 4.78 is 42.4. The van der Waals surface area contributed by atoms with Gasteiger partial charge in [-0.05, 0) is 19.3 Å². The summed E-state index contributed by atoms with van der Waals surface area (Å²) in [5.41, 5.74) is 1.51. The lowest BCUT2D eigenvalue weighted by atomic mass is 10.1. The van der Waals surface area contributed by atoms with E-state index in [1.54, 1.807) is 11.1 Å². The molecule has 1 saturated heterocycles. The largest absolute Gasteiger partial charge is 0.440 e. The molecule has 0 atom stereocenters. The van der Waals surface area contributed by atoms with Crippen LogP contribution in [-0.4, -0.2) is 70.5 Å². The van der Waals surface area contributed by atoms with E-state index in [0.29, 0.717) is 5.56 Å². The van der Waals surface area contributed by atoms with Gasteiger partial charge in [-0.15, -0.1) is 0 Å². The molecule has 10 heteroatoms. The summed E-state index contributed by atoms with van der Waals surface area (Å²) in [6.45, 7) is 0.00189. The first kappa shape index (κ1) is 17.6. The average molecular weight is 360 g/mol. The molecule has 2 amide bonds. The number of hydrogen-bond acceptors (Lipinski definition) is 4. The van der Waals surface area contributed by atoms with Crippen LogP contribution in [0.4, 0.5) is 18.0 Å². The summed E-state index contributed by atoms with van der Waals surface area (Å²) in [4.78, 5) is 27.1. The van der Waals surface area contributed by atoms with E-state index in [-0.39, 0.29) is 32.1 Å². The van der Waals surface area contributed by atoms with E-state index in [0.717, 1.165) is 31.5 Å². The number of halogens is 3. The third-order valence-electron chi connectivity index (χ3n) is 4.40. The van der Waals surface area contributed by atoms with E-state index >= 15 is 0 Å². The maximum absolute atomic E-state index is 12.7. The van der Waals surface area contributed by atoms with Gasteiger partial charge in [0.2, 0.25) is 0 Å². The van der Waals surface area contributed by atoms with Crippen molar-refractivity contribution in [3.05, 3.63) is 17.5 Å². The lowest BCUT2D eigenvalue weighted by Gasteiger charge is -2.34. The SMILES string of the molecule is O=C(OCC(F)(F)F)N1CCN(C(=O)c2cnn3c2CCCC3)CC1. The maximum atomic E-state index is 12.7. The van der Waals surface area contributed by atoms with Crippen LogP contribution in [0.3, 0.4) is 0 Å². The van der Waals surface area contributed by atoms with Crippen LogP contribution in [0.2, 0.25) is 0 Å². The lowest BCUT2D eigenvalue weighted by Crippen LogP contribution is -2.51. The van der Waals surface area contributed by atoms with Gasteiger partial charge in [0.25, 0.3) is 5.91 Å². The summed E-state index contributed by atoms with van der Waals surface area (Å²) in [7, 11) is 0. The first-order chi connectivity index (χ1) is 11.8. The number of ether oxygens (including phenoxy) is 1. The molecule has 0 aliphatic carbocycles. The second-order valence-corrected chi connectivity index (χ2v) is 6.13. The molecule has 138 valence electrons. The molecule has 0 unspecified atom stereocenters. The zero-order chi connectivity index (χ0) is 18.0. The predicted molar refractivity (Wildman–Crippen MR) is 80.0 cm³/mol. The highest BCUT2D eigenvalue weighted by Crippen LogP contribution is 2.20. The third-order valence-corrected chi connectivity index (χ3v) is 4.40. The van der Waals surface area contributed by atoms with Gasteiger partial charge < -0.3 is 14.5 Å². The molecule has 1 aromatic rings. The number of nitrogens with zero attached hydrogens (tertiary/aromatic N) is 4. The Hall–Kier alpha value is -2.26. The topological polar surface area (TPSA) is 67.7 Å². The maximum Gasteiger partial charge on any atom is 0.422 e. The van der Waals surface area contributed by atoms with Crippen LogP contribution in [0.25, 0.3) is 0 Å². The Morgan fingerprint density at radius 2 is 1.76 bits per heavy atom. The summed E-state index contributed by atoms with van der Waals surface area (Å²) in [6.07, 6.45) is -1.11.